The minimum atomic E-state index is -0.803. The van der Waals surface area contributed by atoms with Crippen LogP contribution in [0.3, 0.4) is 0 Å². The Hall–Kier alpha value is -2.02. The van der Waals surface area contributed by atoms with Gasteiger partial charge in [0.05, 0.1) is 6.61 Å². The molecule has 2 N–H and O–H groups in total. The van der Waals surface area contributed by atoms with E-state index in [2.05, 4.69) is 20.6 Å². The molecule has 0 radical (unpaired) electrons. The number of hydrogen-bond acceptors (Lipinski definition) is 5. The average Bonchev–Trinajstić information content (AvgIpc) is 2.30. The Morgan fingerprint density at radius 1 is 1.31 bits per heavy atom. The number of nitrogens with one attached hydrogen (secondary N) is 2. The van der Waals surface area contributed by atoms with Crippen LogP contribution >= 0.6 is 0 Å². The number of carbonyl (C=O) groups is 2. The number of ether oxygens (including phenoxy) is 1. The van der Waals surface area contributed by atoms with E-state index in [9.17, 15) is 9.59 Å². The van der Waals surface area contributed by atoms with E-state index >= 15 is 0 Å². The quantitative estimate of drug-likeness (QED) is 0.514. The van der Waals surface area contributed by atoms with E-state index in [0.29, 0.717) is 6.61 Å². The Bertz CT molecular complexity index is 355. The summed E-state index contributed by atoms with van der Waals surface area (Å²) in [6, 6.07) is 1.61. The van der Waals surface area contributed by atoms with Gasteiger partial charge in [-0.05, 0) is 6.07 Å². The molecule has 1 aromatic heterocycles. The van der Waals surface area contributed by atoms with Crippen molar-refractivity contribution in [3.05, 3.63) is 18.5 Å². The first-order chi connectivity index (χ1) is 7.74. The van der Waals surface area contributed by atoms with Crippen LogP contribution < -0.4 is 10.6 Å². The number of nitrogens with zero attached hydrogens (tertiary/aromatic N) is 2. The molecule has 0 saturated carbocycles. The van der Waals surface area contributed by atoms with Crippen LogP contribution in [0.1, 0.15) is 0 Å². The third-order valence-electron chi connectivity index (χ3n) is 1.59. The Morgan fingerprint density at radius 2 is 2.00 bits per heavy atom. The molecule has 7 heteroatoms. The number of rotatable bonds is 4. The lowest BCUT2D eigenvalue weighted by Gasteiger charge is -2.04. The highest BCUT2D eigenvalue weighted by Gasteiger charge is 2.13. The van der Waals surface area contributed by atoms with Crippen LogP contribution in [0.15, 0.2) is 18.5 Å². The number of methoxy groups -OCH3 is 1. The first kappa shape index (κ1) is 12.1. The lowest BCUT2D eigenvalue weighted by atomic mass is 10.5. The van der Waals surface area contributed by atoms with Crippen LogP contribution in [0.5, 0.6) is 0 Å². The fraction of sp³-hybridized carbons (Fsp3) is 0.333. The van der Waals surface area contributed by atoms with Crippen LogP contribution in [-0.2, 0) is 14.3 Å². The predicted molar refractivity (Wildman–Crippen MR) is 55.5 cm³/mol. The molecule has 2 amide bonds. The second kappa shape index (κ2) is 6.46. The zero-order valence-corrected chi connectivity index (χ0v) is 8.77. The van der Waals surface area contributed by atoms with E-state index in [-0.39, 0.29) is 12.5 Å². The van der Waals surface area contributed by atoms with Gasteiger partial charge in [0.25, 0.3) is 0 Å². The summed E-state index contributed by atoms with van der Waals surface area (Å²) in [5, 5.41) is 4.63. The molecule has 0 aliphatic rings. The molecule has 0 aliphatic carbocycles. The molecule has 0 atom stereocenters. The summed E-state index contributed by atoms with van der Waals surface area (Å²) in [5.74, 6) is -1.46. The maximum Gasteiger partial charge on any atom is 0.316 e. The van der Waals surface area contributed by atoms with E-state index in [1.165, 1.54) is 19.5 Å². The van der Waals surface area contributed by atoms with Gasteiger partial charge in [-0.25, -0.2) is 9.97 Å². The van der Waals surface area contributed by atoms with Crippen molar-refractivity contribution >= 4 is 17.8 Å². The molecule has 7 nitrogen and oxygen atoms in total. The van der Waals surface area contributed by atoms with Crippen LogP contribution in [0.25, 0.3) is 0 Å². The largest absolute Gasteiger partial charge is 0.383 e. The van der Waals surface area contributed by atoms with Crippen LogP contribution in [0.2, 0.25) is 0 Å². The van der Waals surface area contributed by atoms with Crippen LogP contribution in [0.4, 0.5) is 5.95 Å². The van der Waals surface area contributed by atoms with Crippen molar-refractivity contribution in [1.82, 2.24) is 15.3 Å². The van der Waals surface area contributed by atoms with Gasteiger partial charge in [-0.3, -0.25) is 14.9 Å². The molecule has 0 aromatic carbocycles. The van der Waals surface area contributed by atoms with Gasteiger partial charge in [-0.2, -0.15) is 0 Å². The first-order valence-electron chi connectivity index (χ1n) is 4.59. The molecular formula is C9H12N4O3. The molecule has 86 valence electrons. The third-order valence-corrected chi connectivity index (χ3v) is 1.59. The van der Waals surface area contributed by atoms with Crippen molar-refractivity contribution in [3.63, 3.8) is 0 Å². The van der Waals surface area contributed by atoms with Gasteiger partial charge in [0, 0.05) is 26.0 Å². The summed E-state index contributed by atoms with van der Waals surface area (Å²) in [5.41, 5.74) is 0. The van der Waals surface area contributed by atoms with Crippen molar-refractivity contribution in [1.29, 1.82) is 0 Å². The van der Waals surface area contributed by atoms with Gasteiger partial charge in [0.15, 0.2) is 0 Å². The average molecular weight is 224 g/mol. The topological polar surface area (TPSA) is 93.2 Å². The standard InChI is InChI=1S/C9H12N4O3/c1-16-6-5-10-7(14)8(15)13-9-11-3-2-4-12-9/h2-4H,5-6H2,1H3,(H,10,14)(H,11,12,13,15). The molecular weight excluding hydrogens is 212 g/mol. The molecule has 16 heavy (non-hydrogen) atoms. The second-order valence-corrected chi connectivity index (χ2v) is 2.78. The summed E-state index contributed by atoms with van der Waals surface area (Å²) in [7, 11) is 1.50. The smallest absolute Gasteiger partial charge is 0.316 e. The van der Waals surface area contributed by atoms with Crippen LogP contribution in [-0.4, -0.2) is 42.0 Å². The van der Waals surface area contributed by atoms with E-state index in [1.807, 2.05) is 0 Å². The van der Waals surface area contributed by atoms with Gasteiger partial charge < -0.3 is 10.1 Å². The fourth-order valence-corrected chi connectivity index (χ4v) is 0.869. The maximum absolute atomic E-state index is 11.3. The van der Waals surface area contributed by atoms with E-state index < -0.39 is 11.8 Å². The van der Waals surface area contributed by atoms with Crippen molar-refractivity contribution in [2.24, 2.45) is 0 Å². The second-order valence-electron chi connectivity index (χ2n) is 2.78. The molecule has 0 fully saturated rings. The van der Waals surface area contributed by atoms with E-state index in [1.54, 1.807) is 6.07 Å². The lowest BCUT2D eigenvalue weighted by Crippen LogP contribution is -2.37. The first-order valence-corrected chi connectivity index (χ1v) is 4.59. The Morgan fingerprint density at radius 3 is 2.62 bits per heavy atom. The molecule has 0 saturated heterocycles. The van der Waals surface area contributed by atoms with E-state index in [0.717, 1.165) is 0 Å². The number of carbonyl (C=O) groups excluding carboxylic acids is 2. The molecule has 1 aromatic rings. The Labute approximate surface area is 92.2 Å². The predicted octanol–water partition coefficient (Wildman–Crippen LogP) is -0.822. The van der Waals surface area contributed by atoms with E-state index in [4.69, 9.17) is 4.74 Å². The fourth-order valence-electron chi connectivity index (χ4n) is 0.869. The maximum atomic E-state index is 11.3. The lowest BCUT2D eigenvalue weighted by molar-refractivity contribution is -0.136. The summed E-state index contributed by atoms with van der Waals surface area (Å²) < 4.78 is 4.72. The number of aromatic nitrogens is 2. The van der Waals surface area contributed by atoms with Crippen molar-refractivity contribution in [2.75, 3.05) is 25.6 Å². The van der Waals surface area contributed by atoms with Crippen molar-refractivity contribution in [3.8, 4) is 0 Å². The summed E-state index contributed by atoms with van der Waals surface area (Å²) in [4.78, 5) is 30.0. The molecule has 0 aliphatic heterocycles. The van der Waals surface area contributed by atoms with Gasteiger partial charge >= 0.3 is 11.8 Å². The van der Waals surface area contributed by atoms with Crippen LogP contribution in [0, 0.1) is 0 Å². The minimum absolute atomic E-state index is 0.0920. The Balaban J connectivity index is 2.38. The Kier molecular flexibility index (Phi) is 4.87. The third kappa shape index (κ3) is 4.01. The SMILES string of the molecule is COCCNC(=O)C(=O)Nc1ncccn1. The van der Waals surface area contributed by atoms with Crippen molar-refractivity contribution < 1.29 is 14.3 Å². The van der Waals surface area contributed by atoms with Gasteiger partial charge in [-0.1, -0.05) is 0 Å². The van der Waals surface area contributed by atoms with Crippen molar-refractivity contribution in [2.45, 2.75) is 0 Å². The molecule has 1 heterocycles. The van der Waals surface area contributed by atoms with Gasteiger partial charge in [-0.15, -0.1) is 0 Å². The summed E-state index contributed by atoms with van der Waals surface area (Å²) in [6.45, 7) is 0.624. The summed E-state index contributed by atoms with van der Waals surface area (Å²) in [6.07, 6.45) is 2.93. The normalized spacial score (nSPS) is 9.56. The number of anilines is 1. The molecule has 0 unspecified atom stereocenters. The molecule has 0 bridgehead atoms. The monoisotopic (exact) mass is 224 g/mol. The zero-order chi connectivity index (χ0) is 11.8. The number of amides is 2. The van der Waals surface area contributed by atoms with Gasteiger partial charge in [0.1, 0.15) is 0 Å². The highest BCUT2D eigenvalue weighted by molar-refractivity contribution is 6.39. The zero-order valence-electron chi connectivity index (χ0n) is 8.77. The molecule has 1 rings (SSSR count). The minimum Gasteiger partial charge on any atom is -0.383 e. The summed E-state index contributed by atoms with van der Waals surface area (Å²) >= 11 is 0. The highest BCUT2D eigenvalue weighted by atomic mass is 16.5. The van der Waals surface area contributed by atoms with Gasteiger partial charge in [0.2, 0.25) is 5.95 Å². The highest BCUT2D eigenvalue weighted by Crippen LogP contribution is 1.92. The molecule has 0 spiro atoms. The number of hydrogen-bond donors (Lipinski definition) is 2.